The lowest BCUT2D eigenvalue weighted by Crippen LogP contribution is -2.23. The molecule has 0 aliphatic rings. The number of anilines is 1. The summed E-state index contributed by atoms with van der Waals surface area (Å²) in [5.74, 6) is -0.503. The topological polar surface area (TPSA) is 84.2 Å². The second-order valence-electron chi connectivity index (χ2n) is 4.79. The van der Waals surface area contributed by atoms with Crippen molar-refractivity contribution in [1.29, 1.82) is 0 Å². The van der Waals surface area contributed by atoms with Gasteiger partial charge in [-0.3, -0.25) is 4.79 Å². The first-order valence-electron chi connectivity index (χ1n) is 6.75. The van der Waals surface area contributed by atoms with Gasteiger partial charge in [0.2, 0.25) is 5.91 Å². The van der Waals surface area contributed by atoms with E-state index in [0.29, 0.717) is 11.3 Å². The third-order valence-corrected chi connectivity index (χ3v) is 2.96. The van der Waals surface area contributed by atoms with Crippen molar-refractivity contribution in [3.8, 4) is 0 Å². The van der Waals surface area contributed by atoms with Gasteiger partial charge in [-0.05, 0) is 42.8 Å². The van der Waals surface area contributed by atoms with Crippen LogP contribution in [0, 0.1) is 6.92 Å². The zero-order valence-electron chi connectivity index (χ0n) is 12.2. The summed E-state index contributed by atoms with van der Waals surface area (Å²) in [6.45, 7) is 2.01. The molecule has 0 fully saturated rings. The van der Waals surface area contributed by atoms with Crippen LogP contribution in [0.3, 0.4) is 0 Å². The van der Waals surface area contributed by atoms with E-state index < -0.39 is 5.91 Å². The Kier molecular flexibility index (Phi) is 4.93. The van der Waals surface area contributed by atoms with Gasteiger partial charge in [-0.25, -0.2) is 4.79 Å². The molecule has 0 unspecified atom stereocenters. The van der Waals surface area contributed by atoms with Gasteiger partial charge in [0.1, 0.15) is 0 Å². The lowest BCUT2D eigenvalue weighted by Gasteiger charge is -2.05. The van der Waals surface area contributed by atoms with Gasteiger partial charge in [-0.15, -0.1) is 0 Å². The number of primary amides is 1. The van der Waals surface area contributed by atoms with Crippen molar-refractivity contribution in [2.75, 3.05) is 5.32 Å². The van der Waals surface area contributed by atoms with E-state index in [9.17, 15) is 9.59 Å². The predicted octanol–water partition coefficient (Wildman–Crippen LogP) is 2.89. The number of hydrogen-bond donors (Lipinski definition) is 3. The quantitative estimate of drug-likeness (QED) is 0.810. The lowest BCUT2D eigenvalue weighted by atomic mass is 10.1. The third kappa shape index (κ3) is 4.49. The zero-order chi connectivity index (χ0) is 15.9. The van der Waals surface area contributed by atoms with Crippen LogP contribution in [0.25, 0.3) is 6.08 Å². The number of benzene rings is 2. The van der Waals surface area contributed by atoms with Gasteiger partial charge in [0.15, 0.2) is 0 Å². The molecule has 2 rings (SSSR count). The van der Waals surface area contributed by atoms with Crippen molar-refractivity contribution in [3.05, 3.63) is 71.4 Å². The number of rotatable bonds is 4. The molecule has 3 amide bonds. The summed E-state index contributed by atoms with van der Waals surface area (Å²) in [4.78, 5) is 22.7. The van der Waals surface area contributed by atoms with Gasteiger partial charge in [0.25, 0.3) is 0 Å². The number of amides is 3. The van der Waals surface area contributed by atoms with E-state index in [1.165, 1.54) is 0 Å². The highest BCUT2D eigenvalue weighted by atomic mass is 16.2. The van der Waals surface area contributed by atoms with Crippen LogP contribution in [-0.4, -0.2) is 11.9 Å². The molecule has 22 heavy (non-hydrogen) atoms. The van der Waals surface area contributed by atoms with Gasteiger partial charge in [-0.2, -0.15) is 0 Å². The number of carbonyl (C=O) groups excluding carboxylic acids is 2. The standard InChI is InChI=1S/C17H17N3O2/c1-12-3-2-4-13(11-12)9-10-19-17(22)20-15-7-5-14(6-8-15)16(18)21/h2-11H,1H3,(H2,18,21)(H2,19,20,22)/b10-9+. The number of hydrogen-bond acceptors (Lipinski definition) is 2. The molecule has 0 heterocycles. The van der Waals surface area contributed by atoms with Gasteiger partial charge < -0.3 is 16.4 Å². The van der Waals surface area contributed by atoms with Crippen LogP contribution >= 0.6 is 0 Å². The van der Waals surface area contributed by atoms with Crippen molar-refractivity contribution >= 4 is 23.7 Å². The van der Waals surface area contributed by atoms with Gasteiger partial charge in [-0.1, -0.05) is 29.8 Å². The first-order valence-corrected chi connectivity index (χ1v) is 6.75. The number of nitrogens with one attached hydrogen (secondary N) is 2. The summed E-state index contributed by atoms with van der Waals surface area (Å²) < 4.78 is 0. The molecule has 2 aromatic carbocycles. The van der Waals surface area contributed by atoms with E-state index in [0.717, 1.165) is 11.1 Å². The number of aryl methyl sites for hydroxylation is 1. The molecule has 0 atom stereocenters. The summed E-state index contributed by atoms with van der Waals surface area (Å²) in [6.07, 6.45) is 3.38. The van der Waals surface area contributed by atoms with Crippen molar-refractivity contribution in [3.63, 3.8) is 0 Å². The molecular weight excluding hydrogens is 278 g/mol. The number of urea groups is 1. The van der Waals surface area contributed by atoms with Crippen molar-refractivity contribution in [1.82, 2.24) is 5.32 Å². The highest BCUT2D eigenvalue weighted by molar-refractivity contribution is 5.94. The number of carbonyl (C=O) groups is 2. The second-order valence-corrected chi connectivity index (χ2v) is 4.79. The highest BCUT2D eigenvalue weighted by Gasteiger charge is 2.02. The minimum atomic E-state index is -0.503. The first kappa shape index (κ1) is 15.3. The molecular formula is C17H17N3O2. The second kappa shape index (κ2) is 7.08. The lowest BCUT2D eigenvalue weighted by molar-refractivity contribution is 0.100. The van der Waals surface area contributed by atoms with E-state index in [2.05, 4.69) is 10.6 Å². The maximum Gasteiger partial charge on any atom is 0.323 e. The molecule has 0 saturated heterocycles. The normalized spacial score (nSPS) is 10.4. The zero-order valence-corrected chi connectivity index (χ0v) is 12.2. The van der Waals surface area contributed by atoms with E-state index in [1.807, 2.05) is 37.3 Å². The molecule has 2 aromatic rings. The minimum absolute atomic E-state index is 0.365. The smallest absolute Gasteiger partial charge is 0.323 e. The molecule has 0 aliphatic carbocycles. The van der Waals surface area contributed by atoms with Gasteiger partial charge in [0.05, 0.1) is 0 Å². The molecule has 112 valence electrons. The first-order chi connectivity index (χ1) is 10.5. The molecule has 0 radical (unpaired) electrons. The maximum absolute atomic E-state index is 11.7. The molecule has 5 heteroatoms. The summed E-state index contributed by atoms with van der Waals surface area (Å²) in [5, 5.41) is 5.27. The summed E-state index contributed by atoms with van der Waals surface area (Å²) in [5.41, 5.74) is 8.28. The van der Waals surface area contributed by atoms with Gasteiger partial charge >= 0.3 is 6.03 Å². The molecule has 4 N–H and O–H groups in total. The van der Waals surface area contributed by atoms with Crippen LogP contribution in [0.2, 0.25) is 0 Å². The molecule has 0 aliphatic heterocycles. The average molecular weight is 295 g/mol. The SMILES string of the molecule is Cc1cccc(/C=C/NC(=O)Nc2ccc(C(N)=O)cc2)c1. The average Bonchev–Trinajstić information content (AvgIpc) is 2.48. The van der Waals surface area contributed by atoms with E-state index in [-0.39, 0.29) is 6.03 Å². The molecule has 0 bridgehead atoms. The molecule has 5 nitrogen and oxygen atoms in total. The number of nitrogens with two attached hydrogens (primary N) is 1. The van der Waals surface area contributed by atoms with E-state index >= 15 is 0 Å². The Labute approximate surface area is 128 Å². The Bertz CT molecular complexity index is 706. The van der Waals surface area contributed by atoms with Crippen LogP contribution in [0.4, 0.5) is 10.5 Å². The fourth-order valence-electron chi connectivity index (χ4n) is 1.87. The van der Waals surface area contributed by atoms with E-state index in [1.54, 1.807) is 30.5 Å². The Morgan fingerprint density at radius 2 is 1.82 bits per heavy atom. The summed E-state index contributed by atoms with van der Waals surface area (Å²) in [7, 11) is 0. The summed E-state index contributed by atoms with van der Waals surface area (Å²) >= 11 is 0. The predicted molar refractivity (Wildman–Crippen MR) is 87.3 cm³/mol. The van der Waals surface area contributed by atoms with Crippen LogP contribution in [-0.2, 0) is 0 Å². The van der Waals surface area contributed by atoms with Crippen LogP contribution < -0.4 is 16.4 Å². The molecule has 0 spiro atoms. The fraction of sp³-hybridized carbons (Fsp3) is 0.0588. The summed E-state index contributed by atoms with van der Waals surface area (Å²) in [6, 6.07) is 13.9. The fourth-order valence-corrected chi connectivity index (χ4v) is 1.87. The van der Waals surface area contributed by atoms with Crippen molar-refractivity contribution < 1.29 is 9.59 Å². The van der Waals surface area contributed by atoms with Crippen LogP contribution in [0.5, 0.6) is 0 Å². The molecule has 0 saturated carbocycles. The molecule has 0 aromatic heterocycles. The van der Waals surface area contributed by atoms with Crippen LogP contribution in [0.15, 0.2) is 54.7 Å². The van der Waals surface area contributed by atoms with E-state index in [4.69, 9.17) is 5.73 Å². The Morgan fingerprint density at radius 1 is 1.09 bits per heavy atom. The highest BCUT2D eigenvalue weighted by Crippen LogP contribution is 2.09. The van der Waals surface area contributed by atoms with Crippen LogP contribution in [0.1, 0.15) is 21.5 Å². The minimum Gasteiger partial charge on any atom is -0.366 e. The monoisotopic (exact) mass is 295 g/mol. The third-order valence-electron chi connectivity index (χ3n) is 2.96. The Hall–Kier alpha value is -3.08. The van der Waals surface area contributed by atoms with Crippen molar-refractivity contribution in [2.24, 2.45) is 5.73 Å². The maximum atomic E-state index is 11.7. The Balaban J connectivity index is 1.89. The van der Waals surface area contributed by atoms with Gasteiger partial charge in [0, 0.05) is 17.5 Å². The largest absolute Gasteiger partial charge is 0.366 e. The Morgan fingerprint density at radius 3 is 2.45 bits per heavy atom. The van der Waals surface area contributed by atoms with Crippen molar-refractivity contribution in [2.45, 2.75) is 6.92 Å².